The normalized spacial score (nSPS) is 12.2. The number of alkyl halides is 4. The van der Waals surface area contributed by atoms with Crippen molar-refractivity contribution in [3.8, 4) is 0 Å². The molecule has 0 aromatic heterocycles. The lowest BCUT2D eigenvalue weighted by Gasteiger charge is -2.13. The third-order valence-electron chi connectivity index (χ3n) is 0.698. The Morgan fingerprint density at radius 2 is 1.80 bits per heavy atom. The maximum absolute atomic E-state index is 10.4. The van der Waals surface area contributed by atoms with Crippen molar-refractivity contribution in [1.82, 2.24) is 0 Å². The van der Waals surface area contributed by atoms with Crippen LogP contribution in [0.15, 0.2) is 0 Å². The second-order valence-electron chi connectivity index (χ2n) is 1.57. The summed E-state index contributed by atoms with van der Waals surface area (Å²) in [4.78, 5) is 9.59. The van der Waals surface area contributed by atoms with Crippen molar-refractivity contribution in [3.05, 3.63) is 0 Å². The molecule has 0 fully saturated rings. The summed E-state index contributed by atoms with van der Waals surface area (Å²) in [7, 11) is 0. The van der Waals surface area contributed by atoms with E-state index in [4.69, 9.17) is 58.0 Å². The monoisotopic (exact) mass is 242 g/mol. The highest BCUT2D eigenvalue weighted by atomic mass is 35.5. The third kappa shape index (κ3) is 4.09. The molecular weight excluding hydrogens is 241 g/mol. The molecule has 0 aromatic carbocycles. The topological polar surface area (TPSA) is 17.1 Å². The first kappa shape index (κ1) is 11.1. The van der Waals surface area contributed by atoms with Crippen LogP contribution in [0.3, 0.4) is 0 Å². The van der Waals surface area contributed by atoms with Gasteiger partial charge in [0.25, 0.3) is 5.24 Å². The van der Waals surface area contributed by atoms with Gasteiger partial charge in [-0.3, -0.25) is 4.79 Å². The second-order valence-corrected chi connectivity index (χ2v) is 4.68. The fraction of sp³-hybridized carbons (Fsp3) is 0.750. The molecule has 10 heavy (non-hydrogen) atoms. The van der Waals surface area contributed by atoms with E-state index in [1.54, 1.807) is 0 Å². The highest BCUT2D eigenvalue weighted by Crippen LogP contribution is 2.32. The molecule has 0 aliphatic heterocycles. The van der Waals surface area contributed by atoms with Crippen molar-refractivity contribution in [2.45, 2.75) is 15.6 Å². The van der Waals surface area contributed by atoms with Gasteiger partial charge in [-0.05, 0) is 11.6 Å². The van der Waals surface area contributed by atoms with Crippen molar-refractivity contribution in [2.75, 3.05) is 0 Å². The Kier molecular flexibility index (Phi) is 4.69. The number of rotatable bonds is 3. The molecule has 0 aromatic rings. The van der Waals surface area contributed by atoms with E-state index in [1.165, 1.54) is 0 Å². The van der Waals surface area contributed by atoms with Gasteiger partial charge in [0.15, 0.2) is 4.33 Å². The van der Waals surface area contributed by atoms with Gasteiger partial charge in [-0.2, -0.15) is 0 Å². The number of carbonyl (C=O) groups excluding carboxylic acids is 1. The van der Waals surface area contributed by atoms with Crippen LogP contribution in [0.4, 0.5) is 0 Å². The van der Waals surface area contributed by atoms with E-state index in [-0.39, 0.29) is 6.42 Å². The maximum atomic E-state index is 10.4. The minimum absolute atomic E-state index is 0.0818. The molecule has 0 bridgehead atoms. The molecular formula is C4H3Cl5O. The van der Waals surface area contributed by atoms with Crippen LogP contribution in [0.1, 0.15) is 6.42 Å². The largest absolute Gasteiger partial charge is 0.278 e. The van der Waals surface area contributed by atoms with Crippen LogP contribution in [0.25, 0.3) is 0 Å². The quantitative estimate of drug-likeness (QED) is 0.550. The molecule has 0 atom stereocenters. The smallest absolute Gasteiger partial charge is 0.257 e. The predicted octanol–water partition coefficient (Wildman–Crippen LogP) is 3.12. The van der Waals surface area contributed by atoms with Crippen molar-refractivity contribution in [1.29, 1.82) is 0 Å². The summed E-state index contributed by atoms with van der Waals surface area (Å²) in [5, 5.41) is -0.873. The zero-order valence-electron chi connectivity index (χ0n) is 4.58. The Balaban J connectivity index is 4.00. The fourth-order valence-electron chi connectivity index (χ4n) is 0.274. The molecule has 0 amide bonds. The molecule has 0 radical (unpaired) electrons. The highest BCUT2D eigenvalue weighted by Gasteiger charge is 2.33. The van der Waals surface area contributed by atoms with Gasteiger partial charge >= 0.3 is 0 Å². The van der Waals surface area contributed by atoms with E-state index >= 15 is 0 Å². The molecule has 60 valence electrons. The van der Waals surface area contributed by atoms with Gasteiger partial charge in [0.05, 0.1) is 0 Å². The molecule has 0 aliphatic carbocycles. The van der Waals surface area contributed by atoms with E-state index in [2.05, 4.69) is 0 Å². The van der Waals surface area contributed by atoms with E-state index in [9.17, 15) is 4.79 Å². The summed E-state index contributed by atoms with van der Waals surface area (Å²) in [5.74, 6) is 0. The SMILES string of the molecule is O=C(Cl)C(Cl)(Cl)CC(Cl)Cl. The van der Waals surface area contributed by atoms with Crippen molar-refractivity contribution in [2.24, 2.45) is 0 Å². The van der Waals surface area contributed by atoms with Crippen LogP contribution in [0.5, 0.6) is 0 Å². The summed E-state index contributed by atoms with van der Waals surface area (Å²) in [6, 6.07) is 0. The van der Waals surface area contributed by atoms with Gasteiger partial charge in [0, 0.05) is 6.42 Å². The summed E-state index contributed by atoms with van der Waals surface area (Å²) < 4.78 is -1.67. The van der Waals surface area contributed by atoms with E-state index in [1.807, 2.05) is 0 Å². The van der Waals surface area contributed by atoms with E-state index < -0.39 is 14.4 Å². The average molecular weight is 244 g/mol. The zero-order chi connectivity index (χ0) is 8.36. The van der Waals surface area contributed by atoms with Gasteiger partial charge in [0.2, 0.25) is 0 Å². The van der Waals surface area contributed by atoms with Gasteiger partial charge in [0.1, 0.15) is 4.84 Å². The first-order chi connectivity index (χ1) is 4.36. The molecule has 0 unspecified atom stereocenters. The van der Waals surface area contributed by atoms with Crippen LogP contribution in [0, 0.1) is 0 Å². The molecule has 0 saturated heterocycles. The molecule has 1 nitrogen and oxygen atoms in total. The lowest BCUT2D eigenvalue weighted by Crippen LogP contribution is -2.23. The number of hydrogen-bond acceptors (Lipinski definition) is 1. The second kappa shape index (κ2) is 4.22. The molecule has 0 N–H and O–H groups in total. The number of halogens is 5. The highest BCUT2D eigenvalue weighted by molar-refractivity contribution is 6.78. The van der Waals surface area contributed by atoms with Crippen LogP contribution in [-0.2, 0) is 4.79 Å². The fourth-order valence-corrected chi connectivity index (χ4v) is 1.44. The van der Waals surface area contributed by atoms with Crippen molar-refractivity contribution in [3.63, 3.8) is 0 Å². The van der Waals surface area contributed by atoms with Crippen LogP contribution < -0.4 is 0 Å². The van der Waals surface area contributed by atoms with E-state index in [0.717, 1.165) is 0 Å². The predicted molar refractivity (Wildman–Crippen MR) is 45.4 cm³/mol. The maximum Gasteiger partial charge on any atom is 0.257 e. The molecule has 0 rings (SSSR count). The Morgan fingerprint density at radius 3 is 1.90 bits per heavy atom. The standard InChI is InChI=1S/C4H3Cl5O/c5-2(6)1-4(8,9)3(7)10/h2H,1H2. The minimum Gasteiger partial charge on any atom is -0.278 e. The van der Waals surface area contributed by atoms with Crippen LogP contribution in [-0.4, -0.2) is 14.4 Å². The van der Waals surface area contributed by atoms with E-state index in [0.29, 0.717) is 0 Å². The van der Waals surface area contributed by atoms with Gasteiger partial charge in [-0.15, -0.1) is 23.2 Å². The average Bonchev–Trinajstić information content (AvgIpc) is 1.60. The molecule has 0 aliphatic rings. The Morgan fingerprint density at radius 1 is 1.40 bits per heavy atom. The molecule has 0 spiro atoms. The zero-order valence-corrected chi connectivity index (χ0v) is 8.36. The first-order valence-corrected chi connectivity index (χ1v) is 4.23. The molecule has 0 heterocycles. The van der Waals surface area contributed by atoms with Crippen LogP contribution >= 0.6 is 58.0 Å². The van der Waals surface area contributed by atoms with Gasteiger partial charge < -0.3 is 0 Å². The Hall–Kier alpha value is 1.12. The lowest BCUT2D eigenvalue weighted by atomic mass is 10.3. The Bertz CT molecular complexity index is 132. The summed E-state index contributed by atoms with van der Waals surface area (Å²) >= 11 is 26.3. The Labute approximate surface area is 83.5 Å². The minimum atomic E-state index is -1.67. The van der Waals surface area contributed by atoms with Gasteiger partial charge in [-0.1, -0.05) is 23.2 Å². The first-order valence-electron chi connectivity index (χ1n) is 2.22. The van der Waals surface area contributed by atoms with Gasteiger partial charge in [-0.25, -0.2) is 0 Å². The van der Waals surface area contributed by atoms with Crippen molar-refractivity contribution < 1.29 is 4.79 Å². The lowest BCUT2D eigenvalue weighted by molar-refractivity contribution is -0.112. The molecule has 0 saturated carbocycles. The third-order valence-corrected chi connectivity index (χ3v) is 2.17. The van der Waals surface area contributed by atoms with Crippen LogP contribution in [0.2, 0.25) is 0 Å². The number of hydrogen-bond donors (Lipinski definition) is 0. The summed E-state index contributed by atoms with van der Waals surface area (Å²) in [6.45, 7) is 0. The summed E-state index contributed by atoms with van der Waals surface area (Å²) in [5.41, 5.74) is 0. The van der Waals surface area contributed by atoms with Crippen molar-refractivity contribution >= 4 is 63.2 Å². The number of carbonyl (C=O) groups is 1. The summed E-state index contributed by atoms with van der Waals surface area (Å²) in [6.07, 6.45) is -0.0818. The molecule has 6 heteroatoms.